The van der Waals surface area contributed by atoms with E-state index in [0.717, 1.165) is 16.5 Å². The zero-order chi connectivity index (χ0) is 11.7. The maximum atomic E-state index is 8.86. The number of aromatic nitrogens is 3. The average Bonchev–Trinajstić information content (AvgIpc) is 2.87. The van der Waals surface area contributed by atoms with E-state index in [1.54, 1.807) is 6.20 Å². The van der Waals surface area contributed by atoms with Crippen LogP contribution in [0.15, 0.2) is 41.1 Å². The topological polar surface area (TPSA) is 72.0 Å². The summed E-state index contributed by atoms with van der Waals surface area (Å²) in [5, 5.41) is 13.7. The van der Waals surface area contributed by atoms with Gasteiger partial charge in [0, 0.05) is 17.1 Å². The molecule has 17 heavy (non-hydrogen) atoms. The van der Waals surface area contributed by atoms with Gasteiger partial charge in [-0.25, -0.2) is 0 Å². The van der Waals surface area contributed by atoms with Crippen LogP contribution in [0.2, 0.25) is 0 Å². The molecule has 0 radical (unpaired) electrons. The van der Waals surface area contributed by atoms with Crippen molar-refractivity contribution in [3.05, 3.63) is 42.4 Å². The van der Waals surface area contributed by atoms with Gasteiger partial charge in [0.05, 0.1) is 5.52 Å². The Kier molecular flexibility index (Phi) is 2.31. The molecule has 0 fully saturated rings. The first-order valence-corrected chi connectivity index (χ1v) is 5.15. The summed E-state index contributed by atoms with van der Waals surface area (Å²) in [4.78, 5) is 8.29. The van der Waals surface area contributed by atoms with Gasteiger partial charge in [-0.2, -0.15) is 4.98 Å². The summed E-state index contributed by atoms with van der Waals surface area (Å²) in [6.45, 7) is -0.248. The molecule has 2 aromatic heterocycles. The maximum absolute atomic E-state index is 8.86. The maximum Gasteiger partial charge on any atom is 0.252 e. The summed E-state index contributed by atoms with van der Waals surface area (Å²) in [5.41, 5.74) is 1.76. The second kappa shape index (κ2) is 3.95. The molecule has 1 aromatic carbocycles. The summed E-state index contributed by atoms with van der Waals surface area (Å²) in [7, 11) is 0. The molecule has 1 N–H and O–H groups in total. The lowest BCUT2D eigenvalue weighted by Crippen LogP contribution is -1.84. The zero-order valence-electron chi connectivity index (χ0n) is 8.87. The van der Waals surface area contributed by atoms with Crippen LogP contribution in [-0.2, 0) is 6.61 Å². The van der Waals surface area contributed by atoms with E-state index >= 15 is 0 Å². The highest BCUT2D eigenvalue weighted by Crippen LogP contribution is 2.20. The van der Waals surface area contributed by atoms with Gasteiger partial charge in [0.25, 0.3) is 5.89 Å². The van der Waals surface area contributed by atoms with E-state index in [1.807, 2.05) is 30.3 Å². The lowest BCUT2D eigenvalue weighted by atomic mass is 10.1. The van der Waals surface area contributed by atoms with Crippen molar-refractivity contribution in [1.29, 1.82) is 0 Å². The second-order valence-corrected chi connectivity index (χ2v) is 3.58. The molecule has 0 aliphatic rings. The summed E-state index contributed by atoms with van der Waals surface area (Å²) in [6, 6.07) is 9.57. The number of benzene rings is 1. The van der Waals surface area contributed by atoms with Crippen LogP contribution in [0.1, 0.15) is 5.89 Å². The molecule has 0 unspecified atom stereocenters. The fourth-order valence-electron chi connectivity index (χ4n) is 1.65. The first-order chi connectivity index (χ1) is 8.36. The normalized spacial score (nSPS) is 10.9. The standard InChI is InChI=1S/C12H9N3O2/c16-7-11-14-12(15-17-11)9-3-4-10-8(6-9)2-1-5-13-10/h1-6,16H,7H2. The summed E-state index contributed by atoms with van der Waals surface area (Å²) in [5.74, 6) is 0.686. The molecule has 5 nitrogen and oxygen atoms in total. The highest BCUT2D eigenvalue weighted by atomic mass is 16.5. The van der Waals surface area contributed by atoms with E-state index in [4.69, 9.17) is 9.63 Å². The van der Waals surface area contributed by atoms with Gasteiger partial charge >= 0.3 is 0 Å². The second-order valence-electron chi connectivity index (χ2n) is 3.58. The van der Waals surface area contributed by atoms with Crippen molar-refractivity contribution in [2.24, 2.45) is 0 Å². The number of hydrogen-bond donors (Lipinski definition) is 1. The molecule has 0 spiro atoms. The van der Waals surface area contributed by atoms with Gasteiger partial charge in [0.15, 0.2) is 0 Å². The number of pyridine rings is 1. The van der Waals surface area contributed by atoms with Crippen LogP contribution in [-0.4, -0.2) is 20.2 Å². The molecule has 0 amide bonds. The lowest BCUT2D eigenvalue weighted by molar-refractivity contribution is 0.222. The zero-order valence-corrected chi connectivity index (χ0v) is 8.87. The largest absolute Gasteiger partial charge is 0.387 e. The molecule has 3 rings (SSSR count). The predicted molar refractivity (Wildman–Crippen MR) is 61.0 cm³/mol. The van der Waals surface area contributed by atoms with Gasteiger partial charge < -0.3 is 9.63 Å². The first-order valence-electron chi connectivity index (χ1n) is 5.15. The van der Waals surface area contributed by atoms with Gasteiger partial charge in [-0.1, -0.05) is 11.2 Å². The van der Waals surface area contributed by atoms with E-state index in [-0.39, 0.29) is 12.5 Å². The Balaban J connectivity index is 2.11. The number of aliphatic hydroxyl groups is 1. The van der Waals surface area contributed by atoms with Crippen molar-refractivity contribution >= 4 is 10.9 Å². The molecule has 84 valence electrons. The first kappa shape index (κ1) is 9.92. The minimum Gasteiger partial charge on any atom is -0.387 e. The molecule has 0 saturated heterocycles. The number of nitrogens with zero attached hydrogens (tertiary/aromatic N) is 3. The molecule has 0 aliphatic carbocycles. The molecular formula is C12H9N3O2. The van der Waals surface area contributed by atoms with E-state index in [1.165, 1.54) is 0 Å². The van der Waals surface area contributed by atoms with Crippen LogP contribution < -0.4 is 0 Å². The lowest BCUT2D eigenvalue weighted by Gasteiger charge is -1.98. The predicted octanol–water partition coefficient (Wildman–Crippen LogP) is 1.78. The molecular weight excluding hydrogens is 218 g/mol. The quantitative estimate of drug-likeness (QED) is 0.722. The Morgan fingerprint density at radius 2 is 2.18 bits per heavy atom. The number of fused-ring (bicyclic) bond motifs is 1. The highest BCUT2D eigenvalue weighted by molar-refractivity contribution is 5.82. The molecule has 5 heteroatoms. The number of hydrogen-bond acceptors (Lipinski definition) is 5. The Hall–Kier alpha value is -2.27. The van der Waals surface area contributed by atoms with Crippen molar-refractivity contribution in [2.45, 2.75) is 6.61 Å². The van der Waals surface area contributed by atoms with Crippen molar-refractivity contribution in [2.75, 3.05) is 0 Å². The summed E-state index contributed by atoms with van der Waals surface area (Å²) < 4.78 is 4.85. The molecule has 0 atom stereocenters. The van der Waals surface area contributed by atoms with E-state index in [2.05, 4.69) is 15.1 Å². The molecule has 2 heterocycles. The van der Waals surface area contributed by atoms with Crippen molar-refractivity contribution in [3.63, 3.8) is 0 Å². The van der Waals surface area contributed by atoms with Crippen LogP contribution in [0.4, 0.5) is 0 Å². The third kappa shape index (κ3) is 1.76. The smallest absolute Gasteiger partial charge is 0.252 e. The van der Waals surface area contributed by atoms with Crippen LogP contribution in [0.3, 0.4) is 0 Å². The van der Waals surface area contributed by atoms with Gasteiger partial charge in [-0.15, -0.1) is 0 Å². The van der Waals surface area contributed by atoms with Gasteiger partial charge in [0.1, 0.15) is 6.61 Å². The van der Waals surface area contributed by atoms with Crippen LogP contribution >= 0.6 is 0 Å². The van der Waals surface area contributed by atoms with Crippen LogP contribution in [0, 0.1) is 0 Å². The Morgan fingerprint density at radius 3 is 3.00 bits per heavy atom. The minimum atomic E-state index is -0.248. The third-order valence-corrected chi connectivity index (χ3v) is 2.46. The molecule has 0 saturated carbocycles. The average molecular weight is 227 g/mol. The van der Waals surface area contributed by atoms with Crippen LogP contribution in [0.25, 0.3) is 22.3 Å². The molecule has 0 bridgehead atoms. The Labute approximate surface area is 96.7 Å². The van der Waals surface area contributed by atoms with Crippen molar-refractivity contribution < 1.29 is 9.63 Å². The monoisotopic (exact) mass is 227 g/mol. The van der Waals surface area contributed by atoms with Crippen molar-refractivity contribution in [1.82, 2.24) is 15.1 Å². The van der Waals surface area contributed by atoms with Crippen molar-refractivity contribution in [3.8, 4) is 11.4 Å². The van der Waals surface area contributed by atoms with E-state index in [0.29, 0.717) is 5.82 Å². The highest BCUT2D eigenvalue weighted by Gasteiger charge is 2.08. The Morgan fingerprint density at radius 1 is 1.24 bits per heavy atom. The summed E-state index contributed by atoms with van der Waals surface area (Å²) >= 11 is 0. The fraction of sp³-hybridized carbons (Fsp3) is 0.0833. The fourth-order valence-corrected chi connectivity index (χ4v) is 1.65. The minimum absolute atomic E-state index is 0.214. The molecule has 3 aromatic rings. The van der Waals surface area contributed by atoms with E-state index in [9.17, 15) is 0 Å². The van der Waals surface area contributed by atoms with Gasteiger partial charge in [-0.05, 0) is 24.3 Å². The van der Waals surface area contributed by atoms with Gasteiger partial charge in [0.2, 0.25) is 5.82 Å². The number of aliphatic hydroxyl groups excluding tert-OH is 1. The molecule has 0 aliphatic heterocycles. The van der Waals surface area contributed by atoms with E-state index < -0.39 is 0 Å². The number of rotatable bonds is 2. The summed E-state index contributed by atoms with van der Waals surface area (Å²) in [6.07, 6.45) is 1.75. The van der Waals surface area contributed by atoms with Crippen LogP contribution in [0.5, 0.6) is 0 Å². The van der Waals surface area contributed by atoms with Gasteiger partial charge in [-0.3, -0.25) is 4.98 Å². The Bertz CT molecular complexity index is 663. The third-order valence-electron chi connectivity index (χ3n) is 2.46. The SMILES string of the molecule is OCc1nc(-c2ccc3ncccc3c2)no1.